The highest BCUT2D eigenvalue weighted by Crippen LogP contribution is 2.20. The van der Waals surface area contributed by atoms with Crippen molar-refractivity contribution in [3.8, 4) is 0 Å². The van der Waals surface area contributed by atoms with E-state index in [0.717, 1.165) is 30.5 Å². The lowest BCUT2D eigenvalue weighted by molar-refractivity contribution is -0.116. The predicted octanol–water partition coefficient (Wildman–Crippen LogP) is 1.89. The molecule has 108 valence electrons. The zero-order valence-corrected chi connectivity index (χ0v) is 12.9. The number of thiazole rings is 1. The van der Waals surface area contributed by atoms with E-state index in [0.29, 0.717) is 12.5 Å². The third-order valence-corrected chi connectivity index (χ3v) is 3.63. The Hall–Kier alpha value is -0.980. The molecule has 0 saturated carbocycles. The molecule has 6 heteroatoms. The minimum absolute atomic E-state index is 0.0325. The molecule has 0 fully saturated rings. The van der Waals surface area contributed by atoms with Crippen LogP contribution in [0.25, 0.3) is 0 Å². The lowest BCUT2D eigenvalue weighted by Crippen LogP contribution is -2.28. The first kappa shape index (κ1) is 16.1. The Morgan fingerprint density at radius 2 is 2.37 bits per heavy atom. The van der Waals surface area contributed by atoms with Crippen molar-refractivity contribution in [2.45, 2.75) is 27.3 Å². The summed E-state index contributed by atoms with van der Waals surface area (Å²) < 4.78 is 5.09. The van der Waals surface area contributed by atoms with Gasteiger partial charge in [0.25, 0.3) is 0 Å². The van der Waals surface area contributed by atoms with Gasteiger partial charge >= 0.3 is 0 Å². The van der Waals surface area contributed by atoms with E-state index < -0.39 is 0 Å². The van der Waals surface area contributed by atoms with Gasteiger partial charge in [-0.3, -0.25) is 9.69 Å². The summed E-state index contributed by atoms with van der Waals surface area (Å²) in [6.45, 7) is 8.68. The van der Waals surface area contributed by atoms with E-state index in [1.165, 1.54) is 11.3 Å². The Labute approximate surface area is 119 Å². The lowest BCUT2D eigenvalue weighted by Gasteiger charge is -2.14. The number of hydrogen-bond donors (Lipinski definition) is 1. The SMILES string of the molecule is CCN(C(C)=O)c1nc(CNCC(C)COC)cs1. The van der Waals surface area contributed by atoms with Crippen molar-refractivity contribution in [1.29, 1.82) is 0 Å². The Kier molecular flexibility index (Phi) is 6.97. The van der Waals surface area contributed by atoms with Crippen LogP contribution in [0.3, 0.4) is 0 Å². The molecule has 0 aromatic carbocycles. The molecule has 1 heterocycles. The first-order valence-corrected chi connectivity index (χ1v) is 7.38. The minimum atomic E-state index is 0.0325. The second-order valence-electron chi connectivity index (χ2n) is 4.58. The second kappa shape index (κ2) is 8.24. The summed E-state index contributed by atoms with van der Waals surface area (Å²) in [4.78, 5) is 17.6. The zero-order valence-electron chi connectivity index (χ0n) is 12.1. The number of hydrogen-bond acceptors (Lipinski definition) is 5. The molecule has 0 aliphatic rings. The fourth-order valence-corrected chi connectivity index (χ4v) is 2.72. The topological polar surface area (TPSA) is 54.5 Å². The fraction of sp³-hybridized carbons (Fsp3) is 0.692. The third kappa shape index (κ3) is 5.26. The van der Waals surface area contributed by atoms with Gasteiger partial charge in [-0.15, -0.1) is 11.3 Å². The highest BCUT2D eigenvalue weighted by atomic mass is 32.1. The van der Waals surface area contributed by atoms with Crippen LogP contribution in [-0.2, 0) is 16.1 Å². The van der Waals surface area contributed by atoms with E-state index in [1.54, 1.807) is 18.9 Å². The molecule has 1 aromatic heterocycles. The van der Waals surface area contributed by atoms with Gasteiger partial charge in [0.2, 0.25) is 5.91 Å². The highest BCUT2D eigenvalue weighted by molar-refractivity contribution is 7.14. The Morgan fingerprint density at radius 1 is 1.63 bits per heavy atom. The third-order valence-electron chi connectivity index (χ3n) is 2.72. The van der Waals surface area contributed by atoms with E-state index in [1.807, 2.05) is 12.3 Å². The van der Waals surface area contributed by atoms with Crippen LogP contribution in [0.5, 0.6) is 0 Å². The lowest BCUT2D eigenvalue weighted by atomic mass is 10.2. The number of rotatable bonds is 8. The van der Waals surface area contributed by atoms with E-state index >= 15 is 0 Å². The molecule has 1 aromatic rings. The van der Waals surface area contributed by atoms with Gasteiger partial charge in [-0.05, 0) is 12.8 Å². The molecule has 1 N–H and O–H groups in total. The van der Waals surface area contributed by atoms with Crippen LogP contribution in [0.1, 0.15) is 26.5 Å². The number of nitrogens with one attached hydrogen (secondary N) is 1. The average Bonchev–Trinajstić information content (AvgIpc) is 2.78. The molecule has 0 bridgehead atoms. The normalized spacial score (nSPS) is 12.4. The quantitative estimate of drug-likeness (QED) is 0.792. The standard InChI is InChI=1S/C13H23N3O2S/c1-5-16(11(3)17)13-15-12(9-19-13)7-14-6-10(2)8-18-4/h9-10,14H,5-8H2,1-4H3. The first-order chi connectivity index (χ1) is 9.08. The summed E-state index contributed by atoms with van der Waals surface area (Å²) in [5, 5.41) is 6.12. The van der Waals surface area contributed by atoms with Crippen LogP contribution in [-0.4, -0.2) is 37.7 Å². The largest absolute Gasteiger partial charge is 0.384 e. The Balaban J connectivity index is 2.44. The summed E-state index contributed by atoms with van der Waals surface area (Å²) >= 11 is 1.51. The minimum Gasteiger partial charge on any atom is -0.384 e. The second-order valence-corrected chi connectivity index (χ2v) is 5.41. The summed E-state index contributed by atoms with van der Waals surface area (Å²) in [7, 11) is 1.71. The summed E-state index contributed by atoms with van der Waals surface area (Å²) in [6, 6.07) is 0. The van der Waals surface area contributed by atoms with Crippen LogP contribution in [0.2, 0.25) is 0 Å². The maximum absolute atomic E-state index is 11.4. The van der Waals surface area contributed by atoms with Crippen molar-refractivity contribution in [3.63, 3.8) is 0 Å². The van der Waals surface area contributed by atoms with E-state index in [9.17, 15) is 4.79 Å². The molecule has 1 atom stereocenters. The Morgan fingerprint density at radius 3 is 2.95 bits per heavy atom. The van der Waals surface area contributed by atoms with Crippen molar-refractivity contribution in [1.82, 2.24) is 10.3 Å². The van der Waals surface area contributed by atoms with Crippen LogP contribution >= 0.6 is 11.3 Å². The summed E-state index contributed by atoms with van der Waals surface area (Å²) in [6.07, 6.45) is 0. The predicted molar refractivity (Wildman–Crippen MR) is 78.6 cm³/mol. The molecule has 1 unspecified atom stereocenters. The molecule has 0 aliphatic carbocycles. The van der Waals surface area contributed by atoms with Gasteiger partial charge in [-0.25, -0.2) is 4.98 Å². The molecule has 5 nitrogen and oxygen atoms in total. The van der Waals surface area contributed by atoms with Crippen LogP contribution in [0.4, 0.5) is 5.13 Å². The van der Waals surface area contributed by atoms with Gasteiger partial charge in [0, 0.05) is 45.7 Å². The number of ether oxygens (including phenoxy) is 1. The van der Waals surface area contributed by atoms with E-state index in [4.69, 9.17) is 4.74 Å². The summed E-state index contributed by atoms with van der Waals surface area (Å²) in [5.41, 5.74) is 0.976. The van der Waals surface area contributed by atoms with E-state index in [-0.39, 0.29) is 5.91 Å². The van der Waals surface area contributed by atoms with Crippen LogP contribution in [0, 0.1) is 5.92 Å². The summed E-state index contributed by atoms with van der Waals surface area (Å²) in [5.74, 6) is 0.512. The van der Waals surface area contributed by atoms with Crippen molar-refractivity contribution >= 4 is 22.4 Å². The number of amides is 1. The van der Waals surface area contributed by atoms with Crippen molar-refractivity contribution in [2.75, 3.05) is 31.7 Å². The molecule has 0 saturated heterocycles. The van der Waals surface area contributed by atoms with Crippen molar-refractivity contribution in [3.05, 3.63) is 11.1 Å². The molecule has 1 rings (SSSR count). The van der Waals surface area contributed by atoms with Gasteiger partial charge in [0.05, 0.1) is 5.69 Å². The van der Waals surface area contributed by atoms with Gasteiger partial charge in [-0.1, -0.05) is 6.92 Å². The molecule has 19 heavy (non-hydrogen) atoms. The van der Waals surface area contributed by atoms with Crippen LogP contribution in [0.15, 0.2) is 5.38 Å². The van der Waals surface area contributed by atoms with Gasteiger partial charge in [0.1, 0.15) is 0 Å². The number of methoxy groups -OCH3 is 1. The monoisotopic (exact) mass is 285 g/mol. The molecule has 1 amide bonds. The zero-order chi connectivity index (χ0) is 14.3. The maximum atomic E-state index is 11.4. The number of aromatic nitrogens is 1. The van der Waals surface area contributed by atoms with Crippen LogP contribution < -0.4 is 10.2 Å². The Bertz CT molecular complexity index is 395. The molecule has 0 aliphatic heterocycles. The smallest absolute Gasteiger partial charge is 0.225 e. The molecule has 0 radical (unpaired) electrons. The highest BCUT2D eigenvalue weighted by Gasteiger charge is 2.13. The number of carbonyl (C=O) groups is 1. The van der Waals surface area contributed by atoms with Crippen molar-refractivity contribution < 1.29 is 9.53 Å². The maximum Gasteiger partial charge on any atom is 0.225 e. The first-order valence-electron chi connectivity index (χ1n) is 6.50. The van der Waals surface area contributed by atoms with Gasteiger partial charge < -0.3 is 10.1 Å². The molecular weight excluding hydrogens is 262 g/mol. The average molecular weight is 285 g/mol. The van der Waals surface area contributed by atoms with E-state index in [2.05, 4.69) is 17.2 Å². The molecule has 0 spiro atoms. The number of nitrogens with zero attached hydrogens (tertiary/aromatic N) is 2. The number of anilines is 1. The number of carbonyl (C=O) groups excluding carboxylic acids is 1. The fourth-order valence-electron chi connectivity index (χ4n) is 1.78. The van der Waals surface area contributed by atoms with Gasteiger partial charge in [0.15, 0.2) is 5.13 Å². The van der Waals surface area contributed by atoms with Gasteiger partial charge in [-0.2, -0.15) is 0 Å². The molecular formula is C13H23N3O2S. The van der Waals surface area contributed by atoms with Crippen molar-refractivity contribution in [2.24, 2.45) is 5.92 Å².